The fraction of sp³-hybridized carbons (Fsp3) is 0.188. The normalized spacial score (nSPS) is 11.9. The second-order valence-electron chi connectivity index (χ2n) is 5.12. The van der Waals surface area contributed by atoms with Crippen molar-refractivity contribution in [3.05, 3.63) is 57.1 Å². The number of carbonyl (C=O) groups excluding carboxylic acids is 1. The van der Waals surface area contributed by atoms with Crippen LogP contribution < -0.4 is 19.5 Å². The molecule has 0 spiro atoms. The fourth-order valence-electron chi connectivity index (χ4n) is 2.17. The highest BCUT2D eigenvalue weighted by atomic mass is 35.5. The molecule has 0 radical (unpaired) electrons. The first kappa shape index (κ1) is 16.8. The van der Waals surface area contributed by atoms with Gasteiger partial charge in [0.1, 0.15) is 5.75 Å². The first-order valence-corrected chi connectivity index (χ1v) is 7.62. The Morgan fingerprint density at radius 3 is 2.80 bits per heavy atom. The SMILES string of the molecule is O=C(COc1ccc([N+](=O)[O-])cc1Cl)NCc1ccc2c(c1)OCO2. The molecular weight excluding hydrogens is 352 g/mol. The lowest BCUT2D eigenvalue weighted by molar-refractivity contribution is -0.384. The summed E-state index contributed by atoms with van der Waals surface area (Å²) in [5.41, 5.74) is 0.704. The Labute approximate surface area is 147 Å². The van der Waals surface area contributed by atoms with Crippen LogP contribution in [0, 0.1) is 10.1 Å². The van der Waals surface area contributed by atoms with Gasteiger partial charge in [0.05, 0.1) is 9.95 Å². The number of halogens is 1. The summed E-state index contributed by atoms with van der Waals surface area (Å²) in [7, 11) is 0. The summed E-state index contributed by atoms with van der Waals surface area (Å²) < 4.78 is 15.8. The highest BCUT2D eigenvalue weighted by Crippen LogP contribution is 2.32. The van der Waals surface area contributed by atoms with Gasteiger partial charge < -0.3 is 19.5 Å². The van der Waals surface area contributed by atoms with Gasteiger partial charge in [0, 0.05) is 18.7 Å². The van der Waals surface area contributed by atoms with Crippen molar-refractivity contribution in [3.8, 4) is 17.2 Å². The third-order valence-electron chi connectivity index (χ3n) is 3.41. The summed E-state index contributed by atoms with van der Waals surface area (Å²) in [5, 5.41) is 13.4. The van der Waals surface area contributed by atoms with E-state index in [0.717, 1.165) is 5.56 Å². The minimum absolute atomic E-state index is 0.0674. The molecule has 1 amide bonds. The number of carbonyl (C=O) groups is 1. The van der Waals surface area contributed by atoms with E-state index in [2.05, 4.69) is 5.32 Å². The molecule has 0 atom stereocenters. The van der Waals surface area contributed by atoms with E-state index in [1.54, 1.807) is 12.1 Å². The van der Waals surface area contributed by atoms with Crippen LogP contribution in [0.2, 0.25) is 5.02 Å². The maximum Gasteiger partial charge on any atom is 0.271 e. The van der Waals surface area contributed by atoms with Crippen molar-refractivity contribution < 1.29 is 23.9 Å². The number of hydrogen-bond acceptors (Lipinski definition) is 6. The smallest absolute Gasteiger partial charge is 0.271 e. The molecular formula is C16H13ClN2O6. The number of benzene rings is 2. The molecule has 0 fully saturated rings. The van der Waals surface area contributed by atoms with Gasteiger partial charge in [-0.2, -0.15) is 0 Å². The molecule has 130 valence electrons. The topological polar surface area (TPSA) is 99.9 Å². The summed E-state index contributed by atoms with van der Waals surface area (Å²) in [6, 6.07) is 9.16. The van der Waals surface area contributed by atoms with Gasteiger partial charge in [-0.15, -0.1) is 0 Å². The number of nitrogens with one attached hydrogen (secondary N) is 1. The Morgan fingerprint density at radius 2 is 2.04 bits per heavy atom. The Balaban J connectivity index is 1.50. The zero-order valence-corrected chi connectivity index (χ0v) is 13.6. The lowest BCUT2D eigenvalue weighted by Gasteiger charge is -2.09. The average molecular weight is 365 g/mol. The minimum atomic E-state index is -0.562. The summed E-state index contributed by atoms with van der Waals surface area (Å²) in [6.45, 7) is 0.226. The van der Waals surface area contributed by atoms with Crippen molar-refractivity contribution in [3.63, 3.8) is 0 Å². The van der Waals surface area contributed by atoms with E-state index < -0.39 is 4.92 Å². The molecule has 0 saturated carbocycles. The lowest BCUT2D eigenvalue weighted by Crippen LogP contribution is -2.28. The number of nitro benzene ring substituents is 1. The Kier molecular flexibility index (Phi) is 4.90. The lowest BCUT2D eigenvalue weighted by atomic mass is 10.2. The molecule has 9 heteroatoms. The first-order valence-electron chi connectivity index (χ1n) is 7.25. The highest BCUT2D eigenvalue weighted by molar-refractivity contribution is 6.32. The Bertz CT molecular complexity index is 826. The minimum Gasteiger partial charge on any atom is -0.482 e. The largest absolute Gasteiger partial charge is 0.482 e. The van der Waals surface area contributed by atoms with Crippen LogP contribution in [-0.4, -0.2) is 24.2 Å². The van der Waals surface area contributed by atoms with Crippen LogP contribution in [0.25, 0.3) is 0 Å². The van der Waals surface area contributed by atoms with E-state index in [-0.39, 0.29) is 35.8 Å². The number of hydrogen-bond donors (Lipinski definition) is 1. The number of nitro groups is 1. The number of non-ortho nitro benzene ring substituents is 1. The predicted octanol–water partition coefficient (Wildman–Crippen LogP) is 2.67. The van der Waals surface area contributed by atoms with Gasteiger partial charge >= 0.3 is 0 Å². The zero-order valence-electron chi connectivity index (χ0n) is 12.9. The van der Waals surface area contributed by atoms with E-state index >= 15 is 0 Å². The molecule has 1 aliphatic rings. The zero-order chi connectivity index (χ0) is 17.8. The molecule has 0 unspecified atom stereocenters. The molecule has 0 saturated heterocycles. The van der Waals surface area contributed by atoms with Gasteiger partial charge in [-0.1, -0.05) is 17.7 Å². The molecule has 1 N–H and O–H groups in total. The molecule has 8 nitrogen and oxygen atoms in total. The predicted molar refractivity (Wildman–Crippen MR) is 88.0 cm³/mol. The number of rotatable bonds is 6. The van der Waals surface area contributed by atoms with E-state index in [0.29, 0.717) is 18.0 Å². The van der Waals surface area contributed by atoms with Gasteiger partial charge in [-0.05, 0) is 23.8 Å². The first-order chi connectivity index (χ1) is 12.0. The molecule has 0 bridgehead atoms. The summed E-state index contributed by atoms with van der Waals surface area (Å²) in [6.07, 6.45) is 0. The van der Waals surface area contributed by atoms with Crippen molar-refractivity contribution in [2.75, 3.05) is 13.4 Å². The van der Waals surface area contributed by atoms with E-state index in [9.17, 15) is 14.9 Å². The van der Waals surface area contributed by atoms with Crippen molar-refractivity contribution in [2.45, 2.75) is 6.54 Å². The molecule has 2 aromatic carbocycles. The summed E-state index contributed by atoms with van der Waals surface area (Å²) in [5.74, 6) is 1.16. The maximum absolute atomic E-state index is 11.9. The second-order valence-corrected chi connectivity index (χ2v) is 5.53. The van der Waals surface area contributed by atoms with Crippen LogP contribution >= 0.6 is 11.6 Å². The van der Waals surface area contributed by atoms with Crippen LogP contribution in [0.1, 0.15) is 5.56 Å². The van der Waals surface area contributed by atoms with Crippen molar-refractivity contribution in [1.29, 1.82) is 0 Å². The highest BCUT2D eigenvalue weighted by Gasteiger charge is 2.14. The number of amides is 1. The monoisotopic (exact) mass is 364 g/mol. The van der Waals surface area contributed by atoms with Crippen LogP contribution in [0.15, 0.2) is 36.4 Å². The van der Waals surface area contributed by atoms with Gasteiger partial charge in [0.15, 0.2) is 18.1 Å². The Morgan fingerprint density at radius 1 is 1.24 bits per heavy atom. The van der Waals surface area contributed by atoms with Gasteiger partial charge in [0.25, 0.3) is 11.6 Å². The molecule has 0 aliphatic carbocycles. The van der Waals surface area contributed by atoms with Crippen LogP contribution in [0.5, 0.6) is 17.2 Å². The van der Waals surface area contributed by atoms with Gasteiger partial charge in [-0.3, -0.25) is 14.9 Å². The number of fused-ring (bicyclic) bond motifs is 1. The van der Waals surface area contributed by atoms with Crippen molar-refractivity contribution in [1.82, 2.24) is 5.32 Å². The summed E-state index contributed by atoms with van der Waals surface area (Å²) >= 11 is 5.90. The Hall–Kier alpha value is -3.00. The van der Waals surface area contributed by atoms with E-state index in [4.69, 9.17) is 25.8 Å². The van der Waals surface area contributed by atoms with E-state index in [1.807, 2.05) is 6.07 Å². The molecule has 25 heavy (non-hydrogen) atoms. The standard InChI is InChI=1S/C16H13ClN2O6/c17-12-6-11(19(21)22)2-4-13(12)23-8-16(20)18-7-10-1-3-14-15(5-10)25-9-24-14/h1-6H,7-9H2,(H,18,20). The van der Waals surface area contributed by atoms with Crippen molar-refractivity contribution in [2.24, 2.45) is 0 Å². The maximum atomic E-state index is 11.9. The molecule has 2 aromatic rings. The molecule has 1 aliphatic heterocycles. The average Bonchev–Trinajstić information content (AvgIpc) is 3.06. The second kappa shape index (κ2) is 7.27. The van der Waals surface area contributed by atoms with Gasteiger partial charge in [0.2, 0.25) is 6.79 Å². The third-order valence-corrected chi connectivity index (χ3v) is 3.71. The molecule has 1 heterocycles. The molecule has 0 aromatic heterocycles. The number of nitrogens with zero attached hydrogens (tertiary/aromatic N) is 1. The van der Waals surface area contributed by atoms with Crippen LogP contribution in [-0.2, 0) is 11.3 Å². The molecule has 3 rings (SSSR count). The van der Waals surface area contributed by atoms with Crippen LogP contribution in [0.3, 0.4) is 0 Å². The summed E-state index contributed by atoms with van der Waals surface area (Å²) in [4.78, 5) is 22.0. The third kappa shape index (κ3) is 4.10. The van der Waals surface area contributed by atoms with Crippen molar-refractivity contribution >= 4 is 23.2 Å². The fourth-order valence-corrected chi connectivity index (χ4v) is 2.40. The quantitative estimate of drug-likeness (QED) is 0.624. The van der Waals surface area contributed by atoms with E-state index in [1.165, 1.54) is 18.2 Å². The number of ether oxygens (including phenoxy) is 3. The van der Waals surface area contributed by atoms with Crippen LogP contribution in [0.4, 0.5) is 5.69 Å². The van der Waals surface area contributed by atoms with Gasteiger partial charge in [-0.25, -0.2) is 0 Å².